The summed E-state index contributed by atoms with van der Waals surface area (Å²) in [6.45, 7) is 7.97. The number of rotatable bonds is 6. The third-order valence-corrected chi connectivity index (χ3v) is 8.30. The molecule has 6 rings (SSSR count). The number of hydrogen-bond donors (Lipinski definition) is 3. The molecular weight excluding hydrogens is 460 g/mol. The summed E-state index contributed by atoms with van der Waals surface area (Å²) in [4.78, 5) is 21.6. The van der Waals surface area contributed by atoms with Crippen LogP contribution in [0.15, 0.2) is 54.9 Å². The second-order valence-electron chi connectivity index (χ2n) is 10.3. The van der Waals surface area contributed by atoms with Crippen LogP contribution in [0, 0.1) is 0 Å². The highest BCUT2D eigenvalue weighted by molar-refractivity contribution is 6.31. The summed E-state index contributed by atoms with van der Waals surface area (Å²) in [5.41, 5.74) is 3.25. The number of carbonyl (C=O) groups excluding carboxylic acids is 1. The van der Waals surface area contributed by atoms with E-state index < -0.39 is 5.54 Å². The minimum absolute atomic E-state index is 0.0818. The van der Waals surface area contributed by atoms with Gasteiger partial charge in [-0.25, -0.2) is 0 Å². The summed E-state index contributed by atoms with van der Waals surface area (Å²) in [5.74, 6) is 1.00. The number of fused-ring (bicyclic) bond motifs is 4. The van der Waals surface area contributed by atoms with Gasteiger partial charge in [-0.3, -0.25) is 9.69 Å². The first-order chi connectivity index (χ1) is 16.9. The Morgan fingerprint density at radius 3 is 2.83 bits per heavy atom. The Hall–Kier alpha value is -2.96. The lowest BCUT2D eigenvalue weighted by Gasteiger charge is -2.44. The van der Waals surface area contributed by atoms with Crippen molar-refractivity contribution >= 4 is 28.4 Å². The Kier molecular flexibility index (Phi) is 5.35. The first-order valence-electron chi connectivity index (χ1n) is 12.5. The van der Waals surface area contributed by atoms with Gasteiger partial charge >= 0.3 is 0 Å². The van der Waals surface area contributed by atoms with Crippen molar-refractivity contribution in [1.29, 1.82) is 0 Å². The first kappa shape index (κ1) is 22.5. The molecule has 2 fully saturated rings. The Balaban J connectivity index is 1.40. The minimum atomic E-state index is -0.779. The molecule has 1 saturated heterocycles. The fourth-order valence-corrected chi connectivity index (χ4v) is 6.23. The molecule has 6 nitrogen and oxygen atoms in total. The Morgan fingerprint density at radius 1 is 1.26 bits per heavy atom. The molecule has 0 unspecified atom stereocenters. The highest BCUT2D eigenvalue weighted by Crippen LogP contribution is 2.51. The highest BCUT2D eigenvalue weighted by atomic mass is 35.5. The van der Waals surface area contributed by atoms with Gasteiger partial charge in [0.1, 0.15) is 17.1 Å². The molecule has 3 N–H and O–H groups in total. The van der Waals surface area contributed by atoms with E-state index in [9.17, 15) is 9.90 Å². The molecule has 1 amide bonds. The number of aromatic nitrogens is 1. The lowest BCUT2D eigenvalue weighted by molar-refractivity contribution is -0.133. The zero-order valence-electron chi connectivity index (χ0n) is 20.0. The van der Waals surface area contributed by atoms with E-state index in [0.717, 1.165) is 46.5 Å². The molecule has 0 radical (unpaired) electrons. The molecule has 3 aromatic rings. The fourth-order valence-electron chi connectivity index (χ4n) is 6.06. The molecule has 7 heteroatoms. The van der Waals surface area contributed by atoms with Gasteiger partial charge in [-0.15, -0.1) is 0 Å². The first-order valence-corrected chi connectivity index (χ1v) is 12.9. The topological polar surface area (TPSA) is 71.6 Å². The van der Waals surface area contributed by atoms with Crippen LogP contribution >= 0.6 is 11.6 Å². The van der Waals surface area contributed by atoms with Crippen LogP contribution in [0.5, 0.6) is 5.75 Å². The molecule has 1 saturated carbocycles. The number of phenols is 1. The van der Waals surface area contributed by atoms with Crippen molar-refractivity contribution in [3.8, 4) is 5.75 Å². The average molecular weight is 491 g/mol. The van der Waals surface area contributed by atoms with Gasteiger partial charge in [0.2, 0.25) is 0 Å². The van der Waals surface area contributed by atoms with Gasteiger partial charge < -0.3 is 20.3 Å². The van der Waals surface area contributed by atoms with Gasteiger partial charge in [-0.1, -0.05) is 36.7 Å². The number of nitrogens with zero attached hydrogens (tertiary/aromatic N) is 2. The summed E-state index contributed by atoms with van der Waals surface area (Å²) in [6, 6.07) is 13.5. The van der Waals surface area contributed by atoms with E-state index in [1.807, 2.05) is 42.2 Å². The maximum Gasteiger partial charge on any atom is 0.254 e. The number of carbonyl (C=O) groups is 1. The Labute approximate surface area is 210 Å². The lowest BCUT2D eigenvalue weighted by Crippen LogP contribution is -2.52. The summed E-state index contributed by atoms with van der Waals surface area (Å²) in [5, 5.41) is 15.6. The average Bonchev–Trinajstić information content (AvgIpc) is 3.23. The van der Waals surface area contributed by atoms with Gasteiger partial charge in [0, 0.05) is 40.6 Å². The monoisotopic (exact) mass is 490 g/mol. The number of benzene rings is 2. The molecule has 0 bridgehead atoms. The van der Waals surface area contributed by atoms with Crippen molar-refractivity contribution in [3.63, 3.8) is 0 Å². The van der Waals surface area contributed by atoms with Crippen LogP contribution in [-0.4, -0.2) is 50.5 Å². The maximum atomic E-state index is 14.0. The van der Waals surface area contributed by atoms with Crippen LogP contribution in [0.4, 0.5) is 0 Å². The molecule has 0 spiro atoms. The second-order valence-corrected chi connectivity index (χ2v) is 10.8. The van der Waals surface area contributed by atoms with Crippen LogP contribution in [-0.2, 0) is 11.2 Å². The normalized spacial score (nSPS) is 24.1. The second kappa shape index (κ2) is 8.32. The predicted molar refractivity (Wildman–Crippen MR) is 138 cm³/mol. The van der Waals surface area contributed by atoms with Crippen LogP contribution in [0.3, 0.4) is 0 Å². The zero-order chi connectivity index (χ0) is 24.3. The van der Waals surface area contributed by atoms with E-state index in [-0.39, 0.29) is 17.7 Å². The van der Waals surface area contributed by atoms with Crippen LogP contribution in [0.2, 0.25) is 5.02 Å². The third-order valence-electron chi connectivity index (χ3n) is 8.06. The summed E-state index contributed by atoms with van der Waals surface area (Å²) in [7, 11) is 0. The zero-order valence-corrected chi connectivity index (χ0v) is 20.7. The number of aromatic hydroxyl groups is 1. The van der Waals surface area contributed by atoms with E-state index in [2.05, 4.69) is 21.8 Å². The number of aromatic amines is 1. The largest absolute Gasteiger partial charge is 0.508 e. The van der Waals surface area contributed by atoms with Crippen molar-refractivity contribution in [1.82, 2.24) is 20.1 Å². The summed E-state index contributed by atoms with van der Waals surface area (Å²) < 4.78 is 0. The molecule has 3 aliphatic rings. The molecule has 3 heterocycles. The Morgan fingerprint density at radius 2 is 2.09 bits per heavy atom. The van der Waals surface area contributed by atoms with Crippen molar-refractivity contribution in [2.24, 2.45) is 0 Å². The molecule has 2 aromatic carbocycles. The molecular formula is C28H31ClN4O2. The summed E-state index contributed by atoms with van der Waals surface area (Å²) in [6.07, 6.45) is 5.26. The molecule has 182 valence electrons. The quantitative estimate of drug-likeness (QED) is 0.421. The van der Waals surface area contributed by atoms with Gasteiger partial charge in [0.25, 0.3) is 5.91 Å². The van der Waals surface area contributed by atoms with E-state index in [1.165, 1.54) is 19.3 Å². The number of nitrogens with one attached hydrogen (secondary N) is 2. The number of H-pyrrole nitrogens is 1. The van der Waals surface area contributed by atoms with Crippen molar-refractivity contribution < 1.29 is 9.90 Å². The van der Waals surface area contributed by atoms with Crippen molar-refractivity contribution in [2.75, 3.05) is 13.1 Å². The third kappa shape index (κ3) is 3.54. The van der Waals surface area contributed by atoms with Gasteiger partial charge in [0.15, 0.2) is 0 Å². The van der Waals surface area contributed by atoms with E-state index >= 15 is 0 Å². The maximum absolute atomic E-state index is 14.0. The molecule has 1 aromatic heterocycles. The minimum Gasteiger partial charge on any atom is -0.508 e. The van der Waals surface area contributed by atoms with Crippen molar-refractivity contribution in [2.45, 2.75) is 56.7 Å². The SMILES string of the molecule is C=C1N(CCCNC2CCC2)C(=O)[C@]2(C)Cc3c([nH]c4ccc(Cl)cc34)[C@@H](c3cccc(O)c3)N12. The van der Waals surface area contributed by atoms with Crippen LogP contribution in [0.25, 0.3) is 10.9 Å². The number of amides is 1. The van der Waals surface area contributed by atoms with Gasteiger partial charge in [-0.2, -0.15) is 0 Å². The van der Waals surface area contributed by atoms with Crippen molar-refractivity contribution in [3.05, 3.63) is 76.7 Å². The smallest absolute Gasteiger partial charge is 0.254 e. The molecule has 2 aliphatic heterocycles. The van der Waals surface area contributed by atoms with E-state index in [4.69, 9.17) is 11.6 Å². The highest BCUT2D eigenvalue weighted by Gasteiger charge is 2.57. The molecule has 2 atom stereocenters. The number of halogens is 1. The van der Waals surface area contributed by atoms with Gasteiger partial charge in [0.05, 0.1) is 6.04 Å². The standard InChI is InChI=1S/C28H31ClN4O2/c1-17-32(13-5-12-30-20-7-4-8-20)27(35)28(2)16-23-22-15-19(29)10-11-24(22)31-25(23)26(33(17)28)18-6-3-9-21(34)14-18/h3,6,9-11,14-15,20,26,30-31,34H,1,4-5,7-8,12-13,16H2,2H3/t26-,28+/m1/s1. The van der Waals surface area contributed by atoms with Gasteiger partial charge in [-0.05, 0) is 74.2 Å². The Bertz CT molecular complexity index is 1330. The van der Waals surface area contributed by atoms with Crippen LogP contribution < -0.4 is 5.32 Å². The lowest BCUT2D eigenvalue weighted by atomic mass is 9.81. The number of hydrogen-bond acceptors (Lipinski definition) is 4. The number of phenolic OH excluding ortho intramolecular Hbond substituents is 1. The van der Waals surface area contributed by atoms with E-state index in [1.54, 1.807) is 12.1 Å². The molecule has 1 aliphatic carbocycles. The molecule has 35 heavy (non-hydrogen) atoms. The predicted octanol–water partition coefficient (Wildman–Crippen LogP) is 5.08. The summed E-state index contributed by atoms with van der Waals surface area (Å²) >= 11 is 6.37. The van der Waals surface area contributed by atoms with Crippen LogP contribution in [0.1, 0.15) is 55.5 Å². The van der Waals surface area contributed by atoms with E-state index in [0.29, 0.717) is 24.0 Å². The fraction of sp³-hybridized carbons (Fsp3) is 0.393.